The highest BCUT2D eigenvalue weighted by atomic mass is 16.4. The van der Waals surface area contributed by atoms with Gasteiger partial charge >= 0.3 is 5.97 Å². The monoisotopic (exact) mass is 310 g/mol. The lowest BCUT2D eigenvalue weighted by Crippen LogP contribution is -2.23. The van der Waals surface area contributed by atoms with Crippen LogP contribution in [0.25, 0.3) is 10.9 Å². The van der Waals surface area contributed by atoms with Crippen LogP contribution >= 0.6 is 0 Å². The van der Waals surface area contributed by atoms with E-state index in [-0.39, 0.29) is 11.8 Å². The van der Waals surface area contributed by atoms with E-state index in [1.807, 2.05) is 24.4 Å². The number of aliphatic carboxylic acids is 1. The summed E-state index contributed by atoms with van der Waals surface area (Å²) in [5.74, 6) is -0.594. The maximum atomic E-state index is 11.5. The van der Waals surface area contributed by atoms with Crippen molar-refractivity contribution in [3.05, 3.63) is 42.1 Å². The lowest BCUT2D eigenvalue weighted by atomic mass is 9.88. The Kier molecular flexibility index (Phi) is 4.96. The number of nitrogens with zero attached hydrogens (tertiary/aromatic N) is 2. The topological polar surface area (TPSA) is 53.4 Å². The molecule has 2 aromatic rings. The highest BCUT2D eigenvalue weighted by molar-refractivity contribution is 6.08. The number of likely N-dealkylation sites (tertiary alicyclic amines) is 1. The molecule has 1 N–H and O–H groups in total. The number of carbonyl (C=O) groups is 1. The normalized spacial score (nSPS) is 21.7. The van der Waals surface area contributed by atoms with Gasteiger partial charge in [-0.1, -0.05) is 30.9 Å². The Morgan fingerprint density at radius 2 is 2.13 bits per heavy atom. The second-order valence-electron chi connectivity index (χ2n) is 6.53. The van der Waals surface area contributed by atoms with Gasteiger partial charge in [0, 0.05) is 31.2 Å². The molecular weight excluding hydrogens is 287 g/mol. The van der Waals surface area contributed by atoms with E-state index >= 15 is 0 Å². The van der Waals surface area contributed by atoms with E-state index in [9.17, 15) is 9.90 Å². The summed E-state index contributed by atoms with van der Waals surface area (Å²) in [5.41, 5.74) is 2.23. The fraction of sp³-hybridized carbons (Fsp3) is 0.444. The number of para-hydroxylation sites is 1. The minimum absolute atomic E-state index is 0.227. The van der Waals surface area contributed by atoms with Crippen molar-refractivity contribution in [3.63, 3.8) is 0 Å². The minimum atomic E-state index is -0.645. The van der Waals surface area contributed by atoms with Gasteiger partial charge in [-0.3, -0.25) is 14.7 Å². The van der Waals surface area contributed by atoms with E-state index in [0.717, 1.165) is 37.8 Å². The molecule has 1 aliphatic heterocycles. The zero-order valence-corrected chi connectivity index (χ0v) is 13.6. The first-order valence-electron chi connectivity index (χ1n) is 8.46. The fourth-order valence-corrected chi connectivity index (χ4v) is 3.66. The summed E-state index contributed by atoms with van der Waals surface area (Å²) in [4.78, 5) is 18.2. The molecule has 4 nitrogen and oxygen atoms in total. The highest BCUT2D eigenvalue weighted by Gasteiger charge is 2.36. The van der Waals surface area contributed by atoms with Crippen LogP contribution in [0.4, 0.5) is 0 Å². The van der Waals surface area contributed by atoms with Gasteiger partial charge < -0.3 is 5.11 Å². The fourth-order valence-electron chi connectivity index (χ4n) is 3.66. The molecule has 1 aromatic heterocycles. The molecule has 5 heteroatoms. The molecule has 1 aromatic carbocycles. The van der Waals surface area contributed by atoms with E-state index in [1.165, 1.54) is 10.9 Å². The van der Waals surface area contributed by atoms with Crippen LogP contribution in [-0.4, -0.2) is 41.9 Å². The van der Waals surface area contributed by atoms with E-state index in [4.69, 9.17) is 0 Å². The molecule has 0 saturated carbocycles. The Morgan fingerprint density at radius 3 is 2.91 bits per heavy atom. The van der Waals surface area contributed by atoms with E-state index < -0.39 is 5.97 Å². The van der Waals surface area contributed by atoms with Crippen molar-refractivity contribution in [3.8, 4) is 0 Å². The van der Waals surface area contributed by atoms with Gasteiger partial charge in [0.05, 0.1) is 11.4 Å². The molecule has 0 bridgehead atoms. The highest BCUT2D eigenvalue weighted by Crippen LogP contribution is 2.30. The Labute approximate surface area is 137 Å². The predicted octanol–water partition coefficient (Wildman–Crippen LogP) is 2.20. The van der Waals surface area contributed by atoms with Crippen LogP contribution in [0.3, 0.4) is 0 Å². The van der Waals surface area contributed by atoms with Crippen molar-refractivity contribution in [2.75, 3.05) is 13.1 Å². The summed E-state index contributed by atoms with van der Waals surface area (Å²) >= 11 is 0. The Bertz CT molecular complexity index is 686. The lowest BCUT2D eigenvalue weighted by Gasteiger charge is -2.17. The van der Waals surface area contributed by atoms with E-state index in [0.29, 0.717) is 6.54 Å². The molecule has 0 radical (unpaired) electrons. The average molecular weight is 310 g/mol. The molecule has 0 spiro atoms. The second kappa shape index (κ2) is 7.13. The lowest BCUT2D eigenvalue weighted by molar-refractivity contribution is -0.142. The van der Waals surface area contributed by atoms with Crippen molar-refractivity contribution in [2.45, 2.75) is 25.7 Å². The van der Waals surface area contributed by atoms with Gasteiger partial charge in [-0.25, -0.2) is 0 Å². The van der Waals surface area contributed by atoms with Gasteiger partial charge in [0.15, 0.2) is 0 Å². The number of benzene rings is 1. The van der Waals surface area contributed by atoms with Crippen LogP contribution in [0.5, 0.6) is 0 Å². The number of carboxylic acids is 1. The molecule has 1 aliphatic rings. The minimum Gasteiger partial charge on any atom is -0.481 e. The van der Waals surface area contributed by atoms with Crippen LogP contribution in [0.2, 0.25) is 6.32 Å². The Morgan fingerprint density at radius 1 is 1.30 bits per heavy atom. The Balaban J connectivity index is 1.76. The van der Waals surface area contributed by atoms with Gasteiger partial charge in [0.25, 0.3) is 0 Å². The predicted molar refractivity (Wildman–Crippen MR) is 94.2 cm³/mol. The van der Waals surface area contributed by atoms with E-state index in [2.05, 4.69) is 29.9 Å². The number of hydrogen-bond acceptors (Lipinski definition) is 3. The summed E-state index contributed by atoms with van der Waals surface area (Å²) < 4.78 is 0. The molecular formula is C18H23BN2O2. The maximum Gasteiger partial charge on any atom is 0.308 e. The van der Waals surface area contributed by atoms with Crippen molar-refractivity contribution in [1.29, 1.82) is 0 Å². The number of aromatic nitrogens is 1. The van der Waals surface area contributed by atoms with Crippen molar-refractivity contribution >= 4 is 24.7 Å². The van der Waals surface area contributed by atoms with Crippen LogP contribution in [0.15, 0.2) is 36.5 Å². The summed E-state index contributed by atoms with van der Waals surface area (Å²) in [6.45, 7) is 2.34. The van der Waals surface area contributed by atoms with Gasteiger partial charge in [0.2, 0.25) is 0 Å². The van der Waals surface area contributed by atoms with E-state index in [1.54, 1.807) is 0 Å². The number of carboxylic acid groups (broad SMARTS) is 1. The van der Waals surface area contributed by atoms with Crippen LogP contribution in [-0.2, 0) is 11.3 Å². The quantitative estimate of drug-likeness (QED) is 0.831. The van der Waals surface area contributed by atoms with Crippen LogP contribution in [0, 0.1) is 11.8 Å². The first kappa shape index (κ1) is 16.0. The SMILES string of the molecule is BCCC[C@H]1CN(Cc2ccnc3ccccc23)C[C@H]1C(=O)O. The molecule has 3 rings (SSSR count). The number of rotatable bonds is 6. The zero-order valence-electron chi connectivity index (χ0n) is 13.6. The number of fused-ring (bicyclic) bond motifs is 1. The first-order valence-corrected chi connectivity index (χ1v) is 8.46. The molecule has 0 amide bonds. The summed E-state index contributed by atoms with van der Waals surface area (Å²) in [6, 6.07) is 10.2. The number of pyridine rings is 1. The van der Waals surface area contributed by atoms with Crippen molar-refractivity contribution in [2.24, 2.45) is 11.8 Å². The summed E-state index contributed by atoms with van der Waals surface area (Å²) in [6.07, 6.45) is 5.09. The van der Waals surface area contributed by atoms with Crippen LogP contribution < -0.4 is 0 Å². The third-order valence-corrected chi connectivity index (χ3v) is 4.90. The average Bonchev–Trinajstić information content (AvgIpc) is 2.96. The molecule has 1 fully saturated rings. The standard InChI is InChI=1S/C18H23BN2O2/c19-8-3-4-13-10-21(12-16(13)18(22)23)11-14-7-9-20-17-6-2-1-5-15(14)17/h1-2,5-7,9,13,16H,3-4,8,10-12,19H2,(H,22,23)/t13-,16+/m0/s1. The maximum absolute atomic E-state index is 11.5. The van der Waals surface area contributed by atoms with Crippen molar-refractivity contribution < 1.29 is 9.90 Å². The molecule has 0 aliphatic carbocycles. The zero-order chi connectivity index (χ0) is 16.2. The molecule has 0 unspecified atom stereocenters. The number of hydrogen-bond donors (Lipinski definition) is 1. The van der Waals surface area contributed by atoms with Gasteiger partial charge in [-0.15, -0.1) is 0 Å². The third-order valence-electron chi connectivity index (χ3n) is 4.90. The summed E-state index contributed by atoms with van der Waals surface area (Å²) in [5, 5.41) is 10.7. The third kappa shape index (κ3) is 3.55. The van der Waals surface area contributed by atoms with Crippen molar-refractivity contribution in [1.82, 2.24) is 9.88 Å². The van der Waals surface area contributed by atoms with Gasteiger partial charge in [-0.05, 0) is 30.0 Å². The largest absolute Gasteiger partial charge is 0.481 e. The molecule has 23 heavy (non-hydrogen) atoms. The van der Waals surface area contributed by atoms with Gasteiger partial charge in [0.1, 0.15) is 7.85 Å². The Hall–Kier alpha value is -1.88. The molecule has 1 saturated heterocycles. The summed E-state index contributed by atoms with van der Waals surface area (Å²) in [7, 11) is 2.16. The molecule has 2 heterocycles. The molecule has 2 atom stereocenters. The first-order chi connectivity index (χ1) is 11.2. The molecule has 120 valence electrons. The van der Waals surface area contributed by atoms with Gasteiger partial charge in [-0.2, -0.15) is 0 Å². The van der Waals surface area contributed by atoms with Crippen LogP contribution in [0.1, 0.15) is 18.4 Å². The second-order valence-corrected chi connectivity index (χ2v) is 6.53. The smallest absolute Gasteiger partial charge is 0.308 e.